The van der Waals surface area contributed by atoms with Gasteiger partial charge >= 0.3 is 11.7 Å². The van der Waals surface area contributed by atoms with Gasteiger partial charge < -0.3 is 15.5 Å². The molecule has 1 aromatic rings. The van der Waals surface area contributed by atoms with E-state index >= 15 is 0 Å². The molecule has 11 nitrogen and oxygen atoms in total. The number of hydrogen-bond donors (Lipinski definition) is 3. The maximum absolute atomic E-state index is 10.8. The molecule has 1 heterocycles. The molecule has 0 amide bonds. The number of aliphatic carboxylic acids is 1. The largest absolute Gasteiger partial charge is 0.479 e. The minimum absolute atomic E-state index is 0.0981. The highest BCUT2D eigenvalue weighted by Crippen LogP contribution is 2.26. The molecule has 108 valence electrons. The highest BCUT2D eigenvalue weighted by molar-refractivity contribution is 5.72. The Hall–Kier alpha value is -2.82. The molecule has 1 rings (SSSR count). The van der Waals surface area contributed by atoms with Gasteiger partial charge in [-0.1, -0.05) is 0 Å². The Morgan fingerprint density at radius 3 is 2.55 bits per heavy atom. The zero-order valence-electron chi connectivity index (χ0n) is 9.92. The molecule has 3 N–H and O–H groups in total. The lowest BCUT2D eigenvalue weighted by atomic mass is 10.2. The molecule has 0 bridgehead atoms. The minimum Gasteiger partial charge on any atom is -0.479 e. The van der Waals surface area contributed by atoms with Gasteiger partial charge in [0.15, 0.2) is 6.10 Å². The van der Waals surface area contributed by atoms with E-state index in [0.29, 0.717) is 0 Å². The van der Waals surface area contributed by atoms with Crippen molar-refractivity contribution < 1.29 is 24.9 Å². The summed E-state index contributed by atoms with van der Waals surface area (Å²) in [7, 11) is 0. The Morgan fingerprint density at radius 2 is 2.05 bits per heavy atom. The van der Waals surface area contributed by atoms with E-state index < -0.39 is 33.3 Å². The van der Waals surface area contributed by atoms with Gasteiger partial charge in [0.05, 0.1) is 15.9 Å². The fraction of sp³-hybridized carbons (Fsp3) is 0.333. The van der Waals surface area contributed by atoms with Crippen LogP contribution in [0.4, 0.5) is 17.2 Å². The number of aliphatic hydroxyl groups is 1. The van der Waals surface area contributed by atoms with Crippen molar-refractivity contribution >= 4 is 23.2 Å². The summed E-state index contributed by atoms with van der Waals surface area (Å²) in [6.07, 6.45) is -0.978. The second-order valence-corrected chi connectivity index (χ2v) is 3.64. The fourth-order valence-corrected chi connectivity index (χ4v) is 1.27. The van der Waals surface area contributed by atoms with E-state index in [2.05, 4.69) is 10.3 Å². The number of aromatic nitrogens is 1. The smallest absolute Gasteiger partial charge is 0.332 e. The monoisotopic (exact) mass is 286 g/mol. The predicted molar refractivity (Wildman–Crippen MR) is 64.3 cm³/mol. The van der Waals surface area contributed by atoms with Crippen LogP contribution in [0.3, 0.4) is 0 Å². The van der Waals surface area contributed by atoms with Gasteiger partial charge in [-0.25, -0.2) is 9.78 Å². The molecule has 0 saturated heterocycles. The van der Waals surface area contributed by atoms with Gasteiger partial charge in [-0.05, 0) is 0 Å². The maximum atomic E-state index is 10.8. The quantitative estimate of drug-likeness (QED) is 0.466. The second kappa shape index (κ2) is 6.38. The van der Waals surface area contributed by atoms with Crippen molar-refractivity contribution in [3.05, 3.63) is 32.5 Å². The molecular formula is C9H10N4O7. The zero-order chi connectivity index (χ0) is 15.3. The maximum Gasteiger partial charge on any atom is 0.332 e. The summed E-state index contributed by atoms with van der Waals surface area (Å²) >= 11 is 0. The van der Waals surface area contributed by atoms with E-state index in [1.807, 2.05) is 0 Å². The number of nitro groups is 2. The topological polar surface area (TPSA) is 169 Å². The third-order valence-corrected chi connectivity index (χ3v) is 2.26. The highest BCUT2D eigenvalue weighted by Gasteiger charge is 2.21. The third-order valence-electron chi connectivity index (χ3n) is 2.26. The Morgan fingerprint density at radius 1 is 1.40 bits per heavy atom. The molecule has 1 unspecified atom stereocenters. The van der Waals surface area contributed by atoms with Crippen LogP contribution in [0.1, 0.15) is 6.42 Å². The number of carboxylic acid groups (broad SMARTS) is 1. The summed E-state index contributed by atoms with van der Waals surface area (Å²) in [6, 6.07) is 0.739. The molecule has 20 heavy (non-hydrogen) atoms. The number of pyridine rings is 1. The lowest BCUT2D eigenvalue weighted by molar-refractivity contribution is -0.394. The molecule has 0 radical (unpaired) electrons. The number of carbonyl (C=O) groups is 1. The standard InChI is InChI=1S/C9H10N4O7/c14-7(9(15)16)1-2-10-8-6(13(19)20)3-5(4-11-8)12(17)18/h3-4,7,14H,1-2H2,(H,10,11)(H,15,16). The summed E-state index contributed by atoms with van der Waals surface area (Å²) < 4.78 is 0. The molecule has 0 saturated carbocycles. The normalized spacial score (nSPS) is 11.7. The molecule has 0 aliphatic heterocycles. The van der Waals surface area contributed by atoms with E-state index in [-0.39, 0.29) is 18.8 Å². The number of carboxylic acids is 1. The van der Waals surface area contributed by atoms with E-state index in [1.54, 1.807) is 0 Å². The van der Waals surface area contributed by atoms with Gasteiger partial charge in [0.2, 0.25) is 5.82 Å². The van der Waals surface area contributed by atoms with Gasteiger partial charge in [-0.2, -0.15) is 0 Å². The molecule has 1 aromatic heterocycles. The van der Waals surface area contributed by atoms with Crippen molar-refractivity contribution in [2.75, 3.05) is 11.9 Å². The number of anilines is 1. The van der Waals surface area contributed by atoms with Gasteiger partial charge in [0, 0.05) is 13.0 Å². The van der Waals surface area contributed by atoms with E-state index in [0.717, 1.165) is 12.3 Å². The van der Waals surface area contributed by atoms with Crippen molar-refractivity contribution in [2.24, 2.45) is 0 Å². The first-order valence-electron chi connectivity index (χ1n) is 5.26. The van der Waals surface area contributed by atoms with Crippen molar-refractivity contribution in [1.82, 2.24) is 4.98 Å². The van der Waals surface area contributed by atoms with E-state index in [1.165, 1.54) is 0 Å². The zero-order valence-corrected chi connectivity index (χ0v) is 9.92. The van der Waals surface area contributed by atoms with Crippen molar-refractivity contribution in [2.45, 2.75) is 12.5 Å². The van der Waals surface area contributed by atoms with Crippen LogP contribution < -0.4 is 5.32 Å². The van der Waals surface area contributed by atoms with Gasteiger partial charge in [-0.3, -0.25) is 20.2 Å². The van der Waals surface area contributed by atoms with E-state index in [4.69, 9.17) is 10.2 Å². The minimum atomic E-state index is -1.61. The second-order valence-electron chi connectivity index (χ2n) is 3.64. The Labute approximate surface area is 111 Å². The van der Waals surface area contributed by atoms with Crippen LogP contribution in [0.25, 0.3) is 0 Å². The van der Waals surface area contributed by atoms with Crippen LogP contribution in [-0.4, -0.2) is 43.7 Å². The molecular weight excluding hydrogens is 276 g/mol. The fourth-order valence-electron chi connectivity index (χ4n) is 1.27. The molecule has 11 heteroatoms. The number of hydrogen-bond acceptors (Lipinski definition) is 8. The van der Waals surface area contributed by atoms with Crippen molar-refractivity contribution in [3.8, 4) is 0 Å². The number of rotatable bonds is 7. The van der Waals surface area contributed by atoms with Crippen LogP contribution in [0.15, 0.2) is 12.3 Å². The van der Waals surface area contributed by atoms with Crippen LogP contribution in [0.5, 0.6) is 0 Å². The first kappa shape index (κ1) is 15.2. The van der Waals surface area contributed by atoms with E-state index in [9.17, 15) is 25.0 Å². The number of nitrogens with zero attached hydrogens (tertiary/aromatic N) is 3. The predicted octanol–water partition coefficient (Wildman–Crippen LogP) is 0.145. The number of aliphatic hydroxyl groups excluding tert-OH is 1. The van der Waals surface area contributed by atoms with Crippen LogP contribution in [0.2, 0.25) is 0 Å². The third kappa shape index (κ3) is 3.84. The summed E-state index contributed by atoms with van der Waals surface area (Å²) in [5, 5.41) is 41.2. The van der Waals surface area contributed by atoms with Crippen LogP contribution in [-0.2, 0) is 4.79 Å². The lowest BCUT2D eigenvalue weighted by Crippen LogP contribution is -2.23. The molecule has 0 spiro atoms. The first-order valence-corrected chi connectivity index (χ1v) is 5.26. The molecule has 0 aromatic carbocycles. The summed E-state index contributed by atoms with van der Waals surface area (Å²) in [5.74, 6) is -1.66. The Bertz CT molecular complexity index is 547. The number of nitrogens with one attached hydrogen (secondary N) is 1. The molecule has 1 atom stereocenters. The van der Waals surface area contributed by atoms with Crippen molar-refractivity contribution in [1.29, 1.82) is 0 Å². The average Bonchev–Trinajstić information content (AvgIpc) is 2.38. The molecule has 0 fully saturated rings. The Balaban J connectivity index is 2.82. The Kier molecular flexibility index (Phi) is 4.86. The van der Waals surface area contributed by atoms with Gasteiger partial charge in [0.25, 0.3) is 5.69 Å². The first-order chi connectivity index (χ1) is 9.32. The molecule has 0 aliphatic carbocycles. The van der Waals surface area contributed by atoms with Crippen LogP contribution in [0, 0.1) is 20.2 Å². The van der Waals surface area contributed by atoms with Gasteiger partial charge in [0.1, 0.15) is 6.20 Å². The van der Waals surface area contributed by atoms with Gasteiger partial charge in [-0.15, -0.1) is 0 Å². The van der Waals surface area contributed by atoms with Crippen LogP contribution >= 0.6 is 0 Å². The van der Waals surface area contributed by atoms with Crippen molar-refractivity contribution in [3.63, 3.8) is 0 Å². The summed E-state index contributed by atoms with van der Waals surface area (Å²) in [4.78, 5) is 33.5. The SMILES string of the molecule is O=C(O)C(O)CCNc1ncc([N+](=O)[O-])cc1[N+](=O)[O-]. The molecule has 0 aliphatic rings. The summed E-state index contributed by atoms with van der Waals surface area (Å²) in [5.41, 5.74) is -1.14. The lowest BCUT2D eigenvalue weighted by Gasteiger charge is -2.07. The average molecular weight is 286 g/mol. The highest BCUT2D eigenvalue weighted by atomic mass is 16.6. The summed E-state index contributed by atoms with van der Waals surface area (Å²) in [6.45, 7) is -0.0981.